The summed E-state index contributed by atoms with van der Waals surface area (Å²) in [4.78, 5) is 18.5. The fourth-order valence-electron chi connectivity index (χ4n) is 2.76. The van der Waals surface area contributed by atoms with Gasteiger partial charge in [0.15, 0.2) is 0 Å². The standard InChI is InChI=1S/C16H14Cl2N2O/c17-13-10-19-15(18)9-12(13)16(21)20-8-4-7-14(20)11-5-2-1-3-6-11/h1-3,5-6,9-10,14H,4,7-8H2. The van der Waals surface area contributed by atoms with Crippen molar-refractivity contribution >= 4 is 29.1 Å². The largest absolute Gasteiger partial charge is 0.332 e. The molecule has 1 aromatic carbocycles. The third-order valence-corrected chi connectivity index (χ3v) is 4.26. The van der Waals surface area contributed by atoms with Crippen LogP contribution in [-0.2, 0) is 0 Å². The highest BCUT2D eigenvalue weighted by Gasteiger charge is 2.31. The van der Waals surface area contributed by atoms with Gasteiger partial charge in [0, 0.05) is 12.7 Å². The van der Waals surface area contributed by atoms with Crippen LogP contribution < -0.4 is 0 Å². The normalized spacial score (nSPS) is 18.0. The van der Waals surface area contributed by atoms with Gasteiger partial charge < -0.3 is 4.90 Å². The molecule has 1 aromatic heterocycles. The highest BCUT2D eigenvalue weighted by atomic mass is 35.5. The summed E-state index contributed by atoms with van der Waals surface area (Å²) in [6.07, 6.45) is 3.37. The zero-order valence-corrected chi connectivity index (χ0v) is 12.8. The topological polar surface area (TPSA) is 33.2 Å². The molecule has 0 spiro atoms. The number of nitrogens with zero attached hydrogens (tertiary/aromatic N) is 2. The lowest BCUT2D eigenvalue weighted by Gasteiger charge is -2.25. The van der Waals surface area contributed by atoms with Gasteiger partial charge in [-0.25, -0.2) is 4.98 Å². The Bertz CT molecular complexity index is 661. The van der Waals surface area contributed by atoms with E-state index in [0.717, 1.165) is 24.9 Å². The summed E-state index contributed by atoms with van der Waals surface area (Å²) in [7, 11) is 0. The lowest BCUT2D eigenvalue weighted by atomic mass is 10.0. The summed E-state index contributed by atoms with van der Waals surface area (Å²) in [5, 5.41) is 0.612. The van der Waals surface area contributed by atoms with Crippen molar-refractivity contribution in [2.75, 3.05) is 6.54 Å². The monoisotopic (exact) mass is 320 g/mol. The first-order chi connectivity index (χ1) is 10.2. The number of amides is 1. The number of carbonyl (C=O) groups is 1. The van der Waals surface area contributed by atoms with E-state index in [4.69, 9.17) is 23.2 Å². The van der Waals surface area contributed by atoms with Crippen molar-refractivity contribution in [2.45, 2.75) is 18.9 Å². The number of aromatic nitrogens is 1. The minimum Gasteiger partial charge on any atom is -0.332 e. The maximum atomic E-state index is 12.8. The predicted octanol–water partition coefficient (Wildman–Crippen LogP) is 4.37. The van der Waals surface area contributed by atoms with Crippen LogP contribution in [0.1, 0.15) is 34.8 Å². The number of hydrogen-bond acceptors (Lipinski definition) is 2. The Hall–Kier alpha value is -1.58. The molecule has 0 saturated carbocycles. The van der Waals surface area contributed by atoms with Gasteiger partial charge in [-0.3, -0.25) is 4.79 Å². The molecule has 0 radical (unpaired) electrons. The number of benzene rings is 1. The molecule has 1 atom stereocenters. The summed E-state index contributed by atoms with van der Waals surface area (Å²) < 4.78 is 0. The molecular formula is C16H14Cl2N2O. The van der Waals surface area contributed by atoms with Crippen LogP contribution in [0.3, 0.4) is 0 Å². The van der Waals surface area contributed by atoms with Crippen molar-refractivity contribution in [3.8, 4) is 0 Å². The molecule has 1 amide bonds. The van der Waals surface area contributed by atoms with E-state index < -0.39 is 0 Å². The number of hydrogen-bond donors (Lipinski definition) is 0. The molecule has 21 heavy (non-hydrogen) atoms. The van der Waals surface area contributed by atoms with Crippen LogP contribution in [0.5, 0.6) is 0 Å². The fraction of sp³-hybridized carbons (Fsp3) is 0.250. The van der Waals surface area contributed by atoms with Gasteiger partial charge in [0.1, 0.15) is 5.15 Å². The molecule has 3 nitrogen and oxygen atoms in total. The lowest BCUT2D eigenvalue weighted by molar-refractivity contribution is 0.0735. The Labute approximate surface area is 133 Å². The Morgan fingerprint density at radius 2 is 2.00 bits per heavy atom. The van der Waals surface area contributed by atoms with Gasteiger partial charge >= 0.3 is 0 Å². The van der Waals surface area contributed by atoms with Gasteiger partial charge in [0.05, 0.1) is 16.6 Å². The molecule has 2 aromatic rings. The van der Waals surface area contributed by atoms with Crippen molar-refractivity contribution < 1.29 is 4.79 Å². The molecular weight excluding hydrogens is 307 g/mol. The van der Waals surface area contributed by atoms with Crippen molar-refractivity contribution in [3.63, 3.8) is 0 Å². The molecule has 1 saturated heterocycles. The Balaban J connectivity index is 1.92. The number of pyridine rings is 1. The van der Waals surface area contributed by atoms with Gasteiger partial charge in [-0.15, -0.1) is 0 Å². The summed E-state index contributed by atoms with van der Waals surface area (Å²) in [6.45, 7) is 0.731. The van der Waals surface area contributed by atoms with Crippen molar-refractivity contribution in [1.82, 2.24) is 9.88 Å². The van der Waals surface area contributed by atoms with E-state index in [1.807, 2.05) is 23.1 Å². The third-order valence-electron chi connectivity index (χ3n) is 3.75. The van der Waals surface area contributed by atoms with E-state index in [9.17, 15) is 4.79 Å². The van der Waals surface area contributed by atoms with Crippen molar-refractivity contribution in [2.24, 2.45) is 0 Å². The molecule has 1 aliphatic rings. The van der Waals surface area contributed by atoms with Gasteiger partial charge in [-0.2, -0.15) is 0 Å². The molecule has 1 aliphatic heterocycles. The van der Waals surface area contributed by atoms with Crippen LogP contribution in [-0.4, -0.2) is 22.3 Å². The first-order valence-corrected chi connectivity index (χ1v) is 7.59. The van der Waals surface area contributed by atoms with E-state index in [-0.39, 0.29) is 17.1 Å². The summed E-state index contributed by atoms with van der Waals surface area (Å²) >= 11 is 12.0. The molecule has 108 valence electrons. The Morgan fingerprint density at radius 3 is 2.76 bits per heavy atom. The summed E-state index contributed by atoms with van der Waals surface area (Å²) in [5.41, 5.74) is 1.57. The molecule has 1 fully saturated rings. The van der Waals surface area contributed by atoms with Crippen LogP contribution in [0.4, 0.5) is 0 Å². The van der Waals surface area contributed by atoms with Crippen LogP contribution >= 0.6 is 23.2 Å². The maximum absolute atomic E-state index is 12.8. The van der Waals surface area contributed by atoms with E-state index in [1.54, 1.807) is 0 Å². The predicted molar refractivity (Wildman–Crippen MR) is 83.7 cm³/mol. The number of carbonyl (C=O) groups excluding carboxylic acids is 1. The second-order valence-corrected chi connectivity index (χ2v) is 5.85. The molecule has 0 aliphatic carbocycles. The zero-order valence-electron chi connectivity index (χ0n) is 11.3. The molecule has 2 heterocycles. The van der Waals surface area contributed by atoms with Crippen LogP contribution in [0, 0.1) is 0 Å². The SMILES string of the molecule is O=C(c1cc(Cl)ncc1Cl)N1CCCC1c1ccccc1. The van der Waals surface area contributed by atoms with Crippen molar-refractivity contribution in [1.29, 1.82) is 0 Å². The van der Waals surface area contributed by atoms with Crippen LogP contribution in [0.15, 0.2) is 42.6 Å². The average Bonchev–Trinajstić information content (AvgIpc) is 2.99. The van der Waals surface area contributed by atoms with E-state index in [0.29, 0.717) is 10.6 Å². The molecule has 0 bridgehead atoms. The second-order valence-electron chi connectivity index (χ2n) is 5.05. The number of likely N-dealkylation sites (tertiary alicyclic amines) is 1. The maximum Gasteiger partial charge on any atom is 0.256 e. The molecule has 5 heteroatoms. The zero-order chi connectivity index (χ0) is 14.8. The first kappa shape index (κ1) is 14.4. The highest BCUT2D eigenvalue weighted by molar-refractivity contribution is 6.35. The van der Waals surface area contributed by atoms with Gasteiger partial charge in [0.25, 0.3) is 5.91 Å². The molecule has 0 N–H and O–H groups in total. The first-order valence-electron chi connectivity index (χ1n) is 6.84. The molecule has 3 rings (SSSR count). The van der Waals surface area contributed by atoms with Gasteiger partial charge in [-0.05, 0) is 24.5 Å². The summed E-state index contributed by atoms with van der Waals surface area (Å²) in [6, 6.07) is 11.7. The Morgan fingerprint density at radius 1 is 1.24 bits per heavy atom. The fourth-order valence-corrected chi connectivity index (χ4v) is 3.11. The van der Waals surface area contributed by atoms with E-state index in [2.05, 4.69) is 17.1 Å². The summed E-state index contributed by atoms with van der Waals surface area (Å²) in [5.74, 6) is -0.0874. The quantitative estimate of drug-likeness (QED) is 0.770. The van der Waals surface area contributed by atoms with Crippen LogP contribution in [0.25, 0.3) is 0 Å². The minimum absolute atomic E-state index is 0.0874. The van der Waals surface area contributed by atoms with Crippen LogP contribution in [0.2, 0.25) is 10.2 Å². The lowest BCUT2D eigenvalue weighted by Crippen LogP contribution is -2.30. The van der Waals surface area contributed by atoms with E-state index in [1.165, 1.54) is 12.3 Å². The van der Waals surface area contributed by atoms with Gasteiger partial charge in [-0.1, -0.05) is 53.5 Å². The minimum atomic E-state index is -0.0874. The van der Waals surface area contributed by atoms with Gasteiger partial charge in [0.2, 0.25) is 0 Å². The van der Waals surface area contributed by atoms with E-state index >= 15 is 0 Å². The van der Waals surface area contributed by atoms with Crippen molar-refractivity contribution in [3.05, 3.63) is 63.9 Å². The Kier molecular flexibility index (Phi) is 4.13. The number of halogens is 2. The average molecular weight is 321 g/mol. The smallest absolute Gasteiger partial charge is 0.256 e. The third kappa shape index (κ3) is 2.89. The molecule has 1 unspecified atom stereocenters. The second kappa shape index (κ2) is 6.04. The number of rotatable bonds is 2. The highest BCUT2D eigenvalue weighted by Crippen LogP contribution is 2.34.